The van der Waals surface area contributed by atoms with Gasteiger partial charge in [-0.05, 0) is 31.2 Å². The summed E-state index contributed by atoms with van der Waals surface area (Å²) in [6.45, 7) is 1.80. The summed E-state index contributed by atoms with van der Waals surface area (Å²) in [5.41, 5.74) is 1.47. The maximum absolute atomic E-state index is 13.3. The first kappa shape index (κ1) is 15.6. The molecule has 0 atom stereocenters. The van der Waals surface area contributed by atoms with Gasteiger partial charge in [0.1, 0.15) is 0 Å². The quantitative estimate of drug-likeness (QED) is 0.858. The largest absolute Gasteiger partial charge is 0.282 e. The van der Waals surface area contributed by atoms with Gasteiger partial charge in [-0.25, -0.2) is 0 Å². The lowest BCUT2D eigenvalue weighted by molar-refractivity contribution is 0.437. The molecule has 120 valence electrons. The molecule has 0 N–H and O–H groups in total. The Morgan fingerprint density at radius 2 is 2.05 bits per heavy atom. The zero-order valence-electron chi connectivity index (χ0n) is 12.9. The van der Waals surface area contributed by atoms with Gasteiger partial charge < -0.3 is 0 Å². The van der Waals surface area contributed by atoms with E-state index in [0.717, 1.165) is 31.4 Å². The van der Waals surface area contributed by atoms with Crippen molar-refractivity contribution in [2.24, 2.45) is 7.05 Å². The molecule has 0 amide bonds. The lowest BCUT2D eigenvalue weighted by Gasteiger charge is -2.34. The molecule has 0 spiro atoms. The van der Waals surface area contributed by atoms with Crippen molar-refractivity contribution in [1.82, 2.24) is 9.78 Å². The van der Waals surface area contributed by atoms with E-state index >= 15 is 0 Å². The number of rotatable bonds is 4. The van der Waals surface area contributed by atoms with Gasteiger partial charge in [0.25, 0.3) is 10.0 Å². The molecule has 2 heterocycles. The van der Waals surface area contributed by atoms with Crippen LogP contribution in [-0.2, 0) is 17.1 Å². The molecule has 2 aromatic heterocycles. The van der Waals surface area contributed by atoms with E-state index in [1.807, 2.05) is 16.8 Å². The average molecular weight is 339 g/mol. The second kappa shape index (κ2) is 6.04. The second-order valence-electron chi connectivity index (χ2n) is 5.83. The minimum atomic E-state index is -3.60. The molecule has 1 saturated carbocycles. The smallest absolute Gasteiger partial charge is 0.261 e. The first-order chi connectivity index (χ1) is 10.5. The minimum Gasteiger partial charge on any atom is -0.261 e. The van der Waals surface area contributed by atoms with Crippen LogP contribution in [0.25, 0.3) is 0 Å². The maximum atomic E-state index is 13.3. The monoisotopic (exact) mass is 339 g/mol. The van der Waals surface area contributed by atoms with Crippen LogP contribution in [0.3, 0.4) is 0 Å². The number of anilines is 1. The van der Waals surface area contributed by atoms with E-state index in [0.29, 0.717) is 10.6 Å². The Kier molecular flexibility index (Phi) is 4.27. The Morgan fingerprint density at radius 1 is 1.32 bits per heavy atom. The van der Waals surface area contributed by atoms with Crippen LogP contribution in [0.15, 0.2) is 28.0 Å². The van der Waals surface area contributed by atoms with Gasteiger partial charge in [-0.15, -0.1) is 0 Å². The van der Waals surface area contributed by atoms with Crippen molar-refractivity contribution in [2.75, 3.05) is 4.31 Å². The van der Waals surface area contributed by atoms with Crippen molar-refractivity contribution in [3.63, 3.8) is 0 Å². The Labute approximate surface area is 135 Å². The number of hydrogen-bond donors (Lipinski definition) is 0. The van der Waals surface area contributed by atoms with E-state index in [-0.39, 0.29) is 6.04 Å². The van der Waals surface area contributed by atoms with Gasteiger partial charge in [-0.2, -0.15) is 24.9 Å². The molecule has 0 aliphatic heterocycles. The molecule has 22 heavy (non-hydrogen) atoms. The predicted molar refractivity (Wildman–Crippen MR) is 88.8 cm³/mol. The summed E-state index contributed by atoms with van der Waals surface area (Å²) in [5.74, 6) is 0. The summed E-state index contributed by atoms with van der Waals surface area (Å²) < 4.78 is 29.7. The average Bonchev–Trinajstić information content (AvgIpc) is 3.10. The van der Waals surface area contributed by atoms with Crippen LogP contribution in [0.5, 0.6) is 0 Å². The van der Waals surface area contributed by atoms with Crippen LogP contribution in [-0.4, -0.2) is 24.2 Å². The minimum absolute atomic E-state index is 0.0441. The van der Waals surface area contributed by atoms with Gasteiger partial charge in [-0.1, -0.05) is 19.3 Å². The normalized spacial score (nSPS) is 16.8. The number of aryl methyl sites for hydroxylation is 2. The molecule has 3 rings (SSSR count). The number of nitrogens with zero attached hydrogens (tertiary/aromatic N) is 3. The van der Waals surface area contributed by atoms with Crippen molar-refractivity contribution < 1.29 is 8.42 Å². The maximum Gasteiger partial charge on any atom is 0.282 e. The van der Waals surface area contributed by atoms with E-state index in [2.05, 4.69) is 5.10 Å². The van der Waals surface area contributed by atoms with E-state index in [4.69, 9.17) is 0 Å². The molecule has 0 radical (unpaired) electrons. The molecule has 0 unspecified atom stereocenters. The third-order valence-electron chi connectivity index (χ3n) is 4.23. The standard InChI is InChI=1S/C15H21N3O2S2/c1-12-10-16-17(2)15(12)22(19,20)18(14-8-9-21-11-14)13-6-4-3-5-7-13/h8-11,13H,3-7H2,1-2H3. The summed E-state index contributed by atoms with van der Waals surface area (Å²) in [7, 11) is -1.91. The highest BCUT2D eigenvalue weighted by atomic mass is 32.2. The first-order valence-corrected chi connectivity index (χ1v) is 9.95. The van der Waals surface area contributed by atoms with E-state index in [9.17, 15) is 8.42 Å². The lowest BCUT2D eigenvalue weighted by atomic mass is 9.95. The van der Waals surface area contributed by atoms with Crippen molar-refractivity contribution in [3.05, 3.63) is 28.6 Å². The first-order valence-electron chi connectivity index (χ1n) is 7.57. The van der Waals surface area contributed by atoms with Crippen LogP contribution >= 0.6 is 11.3 Å². The van der Waals surface area contributed by atoms with Crippen molar-refractivity contribution in [1.29, 1.82) is 0 Å². The highest BCUT2D eigenvalue weighted by Crippen LogP contribution is 2.34. The van der Waals surface area contributed by atoms with E-state index in [1.165, 1.54) is 22.4 Å². The summed E-state index contributed by atoms with van der Waals surface area (Å²) >= 11 is 1.53. The third kappa shape index (κ3) is 2.67. The molecule has 2 aromatic rings. The Balaban J connectivity index is 2.09. The van der Waals surface area contributed by atoms with Crippen LogP contribution < -0.4 is 4.31 Å². The number of hydrogen-bond acceptors (Lipinski definition) is 4. The third-order valence-corrected chi connectivity index (χ3v) is 7.00. The zero-order chi connectivity index (χ0) is 15.7. The molecule has 0 bridgehead atoms. The zero-order valence-corrected chi connectivity index (χ0v) is 14.5. The Hall–Kier alpha value is -1.34. The second-order valence-corrected chi connectivity index (χ2v) is 8.34. The van der Waals surface area contributed by atoms with Crippen LogP contribution in [0.4, 0.5) is 5.69 Å². The fourth-order valence-electron chi connectivity index (χ4n) is 3.24. The highest BCUT2D eigenvalue weighted by Gasteiger charge is 2.35. The molecular weight excluding hydrogens is 318 g/mol. The number of sulfonamides is 1. The van der Waals surface area contributed by atoms with Gasteiger partial charge in [0, 0.05) is 24.0 Å². The lowest BCUT2D eigenvalue weighted by Crippen LogP contribution is -2.42. The Bertz CT molecular complexity index is 709. The van der Waals surface area contributed by atoms with Crippen LogP contribution in [0, 0.1) is 6.92 Å². The topological polar surface area (TPSA) is 55.2 Å². The van der Waals surface area contributed by atoms with Gasteiger partial charge in [-0.3, -0.25) is 8.99 Å². The molecule has 1 fully saturated rings. The van der Waals surface area contributed by atoms with E-state index in [1.54, 1.807) is 24.5 Å². The SMILES string of the molecule is Cc1cnn(C)c1S(=O)(=O)N(c1ccsc1)C1CCCCC1. The highest BCUT2D eigenvalue weighted by molar-refractivity contribution is 7.92. The van der Waals surface area contributed by atoms with Crippen molar-refractivity contribution >= 4 is 27.0 Å². The van der Waals surface area contributed by atoms with Gasteiger partial charge in [0.2, 0.25) is 0 Å². The van der Waals surface area contributed by atoms with Gasteiger partial charge >= 0.3 is 0 Å². The van der Waals surface area contributed by atoms with Gasteiger partial charge in [0.15, 0.2) is 5.03 Å². The van der Waals surface area contributed by atoms with E-state index < -0.39 is 10.0 Å². The van der Waals surface area contributed by atoms with Gasteiger partial charge in [0.05, 0.1) is 11.9 Å². The molecule has 5 nitrogen and oxygen atoms in total. The molecule has 7 heteroatoms. The summed E-state index contributed by atoms with van der Waals surface area (Å²) in [4.78, 5) is 0. The van der Waals surface area contributed by atoms with Crippen LogP contribution in [0.2, 0.25) is 0 Å². The van der Waals surface area contributed by atoms with Crippen LogP contribution in [0.1, 0.15) is 37.7 Å². The molecule has 1 aliphatic carbocycles. The number of thiophene rings is 1. The predicted octanol–water partition coefficient (Wildman–Crippen LogP) is 3.32. The molecule has 1 aliphatic rings. The summed E-state index contributed by atoms with van der Waals surface area (Å²) in [6, 6.07) is 1.94. The number of aromatic nitrogens is 2. The van der Waals surface area contributed by atoms with Crippen molar-refractivity contribution in [3.8, 4) is 0 Å². The fraction of sp³-hybridized carbons (Fsp3) is 0.533. The van der Waals surface area contributed by atoms with Crippen molar-refractivity contribution in [2.45, 2.75) is 50.1 Å². The Morgan fingerprint density at radius 3 is 2.59 bits per heavy atom. The summed E-state index contributed by atoms with van der Waals surface area (Å²) in [6.07, 6.45) is 6.83. The summed E-state index contributed by atoms with van der Waals surface area (Å²) in [5, 5.41) is 8.24. The molecule has 0 saturated heterocycles. The fourth-order valence-corrected chi connectivity index (χ4v) is 5.96. The molecule has 0 aromatic carbocycles. The molecular formula is C15H21N3O2S2.